The van der Waals surface area contributed by atoms with E-state index >= 15 is 0 Å². The van der Waals surface area contributed by atoms with Crippen LogP contribution in [-0.2, 0) is 26.2 Å². The Balaban J connectivity index is 1.69. The maximum absolute atomic E-state index is 14.2. The highest BCUT2D eigenvalue weighted by atomic mass is 32.2. The van der Waals surface area contributed by atoms with Crippen LogP contribution < -0.4 is 14.4 Å². The van der Waals surface area contributed by atoms with Crippen LogP contribution in [0.4, 0.5) is 10.1 Å². The molecule has 0 radical (unpaired) electrons. The van der Waals surface area contributed by atoms with E-state index in [-0.39, 0.29) is 23.4 Å². The van der Waals surface area contributed by atoms with E-state index < -0.39 is 34.3 Å². The molecule has 3 aromatic carbocycles. The monoisotopic (exact) mass is 623 g/mol. The average molecular weight is 624 g/mol. The molecule has 236 valence electrons. The van der Waals surface area contributed by atoms with Crippen LogP contribution in [0.15, 0.2) is 77.7 Å². The molecule has 1 unspecified atom stereocenters. The minimum Gasteiger partial charge on any atom is -0.494 e. The zero-order chi connectivity index (χ0) is 31.7. The molecule has 1 N–H and O–H groups in total. The molecule has 1 fully saturated rings. The quantitative estimate of drug-likeness (QED) is 0.253. The molecular formula is C34H42FN3O5S. The molecule has 8 nitrogen and oxygen atoms in total. The molecule has 10 heteroatoms. The van der Waals surface area contributed by atoms with Gasteiger partial charge < -0.3 is 15.0 Å². The smallest absolute Gasteiger partial charge is 0.264 e. The summed E-state index contributed by atoms with van der Waals surface area (Å²) in [4.78, 5) is 29.3. The van der Waals surface area contributed by atoms with Crippen LogP contribution in [0, 0.1) is 12.7 Å². The first-order valence-corrected chi connectivity index (χ1v) is 16.7. The van der Waals surface area contributed by atoms with Crippen molar-refractivity contribution in [2.24, 2.45) is 0 Å². The number of hydrogen-bond acceptors (Lipinski definition) is 5. The van der Waals surface area contributed by atoms with Crippen molar-refractivity contribution in [2.75, 3.05) is 17.5 Å². The highest BCUT2D eigenvalue weighted by molar-refractivity contribution is 7.92. The molecule has 0 aromatic heterocycles. The molecule has 1 aliphatic carbocycles. The largest absolute Gasteiger partial charge is 0.494 e. The highest BCUT2D eigenvalue weighted by Crippen LogP contribution is 2.27. The fourth-order valence-corrected chi connectivity index (χ4v) is 6.91. The van der Waals surface area contributed by atoms with Gasteiger partial charge in [0, 0.05) is 12.6 Å². The Morgan fingerprint density at radius 2 is 1.57 bits per heavy atom. The number of nitrogens with one attached hydrogen (secondary N) is 1. The molecular weight excluding hydrogens is 581 g/mol. The number of benzene rings is 3. The summed E-state index contributed by atoms with van der Waals surface area (Å²) in [5.41, 5.74) is 1.88. The van der Waals surface area contributed by atoms with E-state index in [1.54, 1.807) is 48.5 Å². The van der Waals surface area contributed by atoms with E-state index in [1.807, 2.05) is 20.8 Å². The van der Waals surface area contributed by atoms with Crippen LogP contribution in [0.5, 0.6) is 5.75 Å². The SMILES string of the molecule is CCOc1ccc(S(=O)(=O)N(CC(=O)N(Cc2ccc(F)cc2)C(CC)C(=O)NC2CCCCC2)c2ccc(C)cc2)cc1. The van der Waals surface area contributed by atoms with Gasteiger partial charge >= 0.3 is 0 Å². The molecule has 1 aliphatic rings. The summed E-state index contributed by atoms with van der Waals surface area (Å²) in [7, 11) is -4.20. The molecule has 44 heavy (non-hydrogen) atoms. The van der Waals surface area contributed by atoms with E-state index in [0.29, 0.717) is 30.0 Å². The Hall–Kier alpha value is -3.92. The van der Waals surface area contributed by atoms with Gasteiger partial charge in [-0.1, -0.05) is 56.0 Å². The van der Waals surface area contributed by atoms with Crippen molar-refractivity contribution in [1.29, 1.82) is 0 Å². The fourth-order valence-electron chi connectivity index (χ4n) is 5.49. The number of carbonyl (C=O) groups excluding carboxylic acids is 2. The lowest BCUT2D eigenvalue weighted by molar-refractivity contribution is -0.140. The topological polar surface area (TPSA) is 96.0 Å². The molecule has 3 aromatic rings. The predicted octanol–water partition coefficient (Wildman–Crippen LogP) is 5.98. The van der Waals surface area contributed by atoms with E-state index in [4.69, 9.17) is 4.74 Å². The van der Waals surface area contributed by atoms with Gasteiger partial charge in [-0.25, -0.2) is 12.8 Å². The lowest BCUT2D eigenvalue weighted by atomic mass is 9.95. The number of aryl methyl sites for hydroxylation is 1. The number of halogens is 1. The Morgan fingerprint density at radius 3 is 2.16 bits per heavy atom. The zero-order valence-corrected chi connectivity index (χ0v) is 26.5. The summed E-state index contributed by atoms with van der Waals surface area (Å²) in [6, 6.07) is 17.9. The fraction of sp³-hybridized carbons (Fsp3) is 0.412. The maximum Gasteiger partial charge on any atom is 0.264 e. The Morgan fingerprint density at radius 1 is 0.932 bits per heavy atom. The lowest BCUT2D eigenvalue weighted by Crippen LogP contribution is -2.54. The van der Waals surface area contributed by atoms with Gasteiger partial charge in [0.25, 0.3) is 10.0 Å². The second-order valence-electron chi connectivity index (χ2n) is 11.2. The summed E-state index contributed by atoms with van der Waals surface area (Å²) < 4.78 is 48.4. The van der Waals surface area contributed by atoms with Crippen LogP contribution >= 0.6 is 0 Å². The first-order valence-electron chi connectivity index (χ1n) is 15.3. The van der Waals surface area contributed by atoms with E-state index in [2.05, 4.69) is 5.32 Å². The van der Waals surface area contributed by atoms with Gasteiger partial charge in [0.2, 0.25) is 11.8 Å². The lowest BCUT2D eigenvalue weighted by Gasteiger charge is -2.34. The minimum atomic E-state index is -4.20. The van der Waals surface area contributed by atoms with Crippen molar-refractivity contribution in [1.82, 2.24) is 10.2 Å². The van der Waals surface area contributed by atoms with Gasteiger partial charge in [-0.2, -0.15) is 0 Å². The zero-order valence-electron chi connectivity index (χ0n) is 25.7. The van der Waals surface area contributed by atoms with Crippen molar-refractivity contribution in [3.05, 3.63) is 89.7 Å². The maximum atomic E-state index is 14.2. The summed E-state index contributed by atoms with van der Waals surface area (Å²) >= 11 is 0. The van der Waals surface area contributed by atoms with Gasteiger partial charge in [-0.15, -0.1) is 0 Å². The normalized spacial score (nSPS) is 14.5. The first-order chi connectivity index (χ1) is 21.1. The molecule has 0 spiro atoms. The van der Waals surface area contributed by atoms with Gasteiger partial charge in [0.15, 0.2) is 0 Å². The number of rotatable bonds is 13. The standard InChI is InChI=1S/C34H42FN3O5S/c1-4-32(34(40)36-28-9-7-6-8-10-28)37(23-26-13-15-27(35)16-14-26)33(39)24-38(29-17-11-25(3)12-18-29)44(41,42)31-21-19-30(20-22-31)43-5-2/h11-22,28,32H,4-10,23-24H2,1-3H3,(H,36,40). The van der Waals surface area contributed by atoms with Crippen LogP contribution in [-0.4, -0.2) is 50.4 Å². The van der Waals surface area contributed by atoms with Gasteiger partial charge in [0.1, 0.15) is 24.2 Å². The minimum absolute atomic E-state index is 0.00138. The van der Waals surface area contributed by atoms with Crippen molar-refractivity contribution >= 4 is 27.5 Å². The number of hydrogen-bond donors (Lipinski definition) is 1. The molecule has 0 saturated heterocycles. The summed E-state index contributed by atoms with van der Waals surface area (Å²) in [6.07, 6.45) is 5.30. The van der Waals surface area contributed by atoms with Crippen molar-refractivity contribution in [3.63, 3.8) is 0 Å². The van der Waals surface area contributed by atoms with E-state index in [1.165, 1.54) is 29.2 Å². The molecule has 1 saturated carbocycles. The first kappa shape index (κ1) is 33.0. The summed E-state index contributed by atoms with van der Waals surface area (Å²) in [5, 5.41) is 3.13. The third-order valence-electron chi connectivity index (χ3n) is 7.93. The van der Waals surface area contributed by atoms with Crippen LogP contribution in [0.25, 0.3) is 0 Å². The Labute approximate surface area is 260 Å². The van der Waals surface area contributed by atoms with Crippen LogP contribution in [0.3, 0.4) is 0 Å². The van der Waals surface area contributed by atoms with Gasteiger partial charge in [0.05, 0.1) is 17.2 Å². The molecule has 2 amide bonds. The number of amides is 2. The molecule has 1 atom stereocenters. The van der Waals surface area contributed by atoms with E-state index in [9.17, 15) is 22.4 Å². The third kappa shape index (κ3) is 8.37. The van der Waals surface area contributed by atoms with Crippen LogP contribution in [0.1, 0.15) is 63.5 Å². The number of sulfonamides is 1. The van der Waals surface area contributed by atoms with E-state index in [0.717, 1.165) is 42.0 Å². The van der Waals surface area contributed by atoms with Crippen molar-refractivity contribution < 1.29 is 27.1 Å². The molecule has 0 heterocycles. The molecule has 0 bridgehead atoms. The number of nitrogens with zero attached hydrogens (tertiary/aromatic N) is 2. The van der Waals surface area contributed by atoms with Crippen LogP contribution in [0.2, 0.25) is 0 Å². The number of ether oxygens (including phenoxy) is 1. The predicted molar refractivity (Wildman–Crippen MR) is 169 cm³/mol. The number of carbonyl (C=O) groups is 2. The van der Waals surface area contributed by atoms with Gasteiger partial charge in [-0.05, 0) is 87.2 Å². The second-order valence-corrected chi connectivity index (χ2v) is 13.0. The number of anilines is 1. The summed E-state index contributed by atoms with van der Waals surface area (Å²) in [5.74, 6) is -0.702. The van der Waals surface area contributed by atoms with Crippen molar-refractivity contribution in [3.8, 4) is 5.75 Å². The van der Waals surface area contributed by atoms with Crippen molar-refractivity contribution in [2.45, 2.75) is 82.8 Å². The summed E-state index contributed by atoms with van der Waals surface area (Å²) in [6.45, 7) is 5.47. The second kappa shape index (κ2) is 15.2. The molecule has 0 aliphatic heterocycles. The average Bonchev–Trinajstić information content (AvgIpc) is 3.02. The third-order valence-corrected chi connectivity index (χ3v) is 9.72. The Bertz CT molecular complexity index is 1490. The highest BCUT2D eigenvalue weighted by Gasteiger charge is 2.34. The molecule has 4 rings (SSSR count). The van der Waals surface area contributed by atoms with Gasteiger partial charge in [-0.3, -0.25) is 13.9 Å². The Kier molecular flexibility index (Phi) is 11.4.